The van der Waals surface area contributed by atoms with E-state index in [4.69, 9.17) is 4.74 Å². The molecule has 16 heavy (non-hydrogen) atoms. The van der Waals surface area contributed by atoms with Crippen molar-refractivity contribution in [3.63, 3.8) is 0 Å². The average molecular weight is 239 g/mol. The van der Waals surface area contributed by atoms with Crippen LogP contribution in [0.25, 0.3) is 0 Å². The van der Waals surface area contributed by atoms with Crippen LogP contribution >= 0.6 is 11.8 Å². The fourth-order valence-corrected chi connectivity index (χ4v) is 2.93. The van der Waals surface area contributed by atoms with E-state index in [-0.39, 0.29) is 0 Å². The summed E-state index contributed by atoms with van der Waals surface area (Å²) in [6.45, 7) is 0.955. The van der Waals surface area contributed by atoms with Crippen LogP contribution in [0.15, 0.2) is 12.4 Å². The van der Waals surface area contributed by atoms with Crippen LogP contribution in [0.2, 0.25) is 0 Å². The van der Waals surface area contributed by atoms with Gasteiger partial charge in [-0.25, -0.2) is 9.97 Å². The van der Waals surface area contributed by atoms with Gasteiger partial charge in [0.2, 0.25) is 5.95 Å². The molecule has 2 heterocycles. The Labute approximate surface area is 100 Å². The van der Waals surface area contributed by atoms with Gasteiger partial charge in [0.15, 0.2) is 5.75 Å². The van der Waals surface area contributed by atoms with Crippen LogP contribution in [-0.2, 0) is 0 Å². The zero-order valence-electron chi connectivity index (χ0n) is 9.48. The average Bonchev–Trinajstić information content (AvgIpc) is 2.38. The van der Waals surface area contributed by atoms with Gasteiger partial charge in [-0.3, -0.25) is 0 Å². The highest BCUT2D eigenvalue weighted by molar-refractivity contribution is 7.99. The Hall–Kier alpha value is -0.970. The summed E-state index contributed by atoms with van der Waals surface area (Å²) >= 11 is 2.05. The van der Waals surface area contributed by atoms with Crippen molar-refractivity contribution >= 4 is 17.7 Å². The van der Waals surface area contributed by atoms with Crippen LogP contribution in [0.5, 0.6) is 5.75 Å². The lowest BCUT2D eigenvalue weighted by molar-refractivity contribution is 0.411. The van der Waals surface area contributed by atoms with E-state index in [1.807, 2.05) is 11.8 Å². The van der Waals surface area contributed by atoms with Crippen molar-refractivity contribution in [1.29, 1.82) is 0 Å². The first-order valence-electron chi connectivity index (χ1n) is 5.60. The minimum Gasteiger partial charge on any atom is -0.494 e. The molecule has 1 fully saturated rings. The normalized spacial score (nSPS) is 20.4. The van der Waals surface area contributed by atoms with Gasteiger partial charge in [-0.2, -0.15) is 11.8 Å². The summed E-state index contributed by atoms with van der Waals surface area (Å²) in [6.07, 6.45) is 7.38. The quantitative estimate of drug-likeness (QED) is 0.872. The molecule has 88 valence electrons. The molecule has 0 spiro atoms. The summed E-state index contributed by atoms with van der Waals surface area (Å²) in [6, 6.07) is 0. The number of methoxy groups -OCH3 is 1. The van der Waals surface area contributed by atoms with Crippen molar-refractivity contribution in [2.45, 2.75) is 24.5 Å². The van der Waals surface area contributed by atoms with E-state index in [1.165, 1.54) is 25.0 Å². The molecule has 1 saturated heterocycles. The van der Waals surface area contributed by atoms with E-state index >= 15 is 0 Å². The fourth-order valence-electron chi connectivity index (χ4n) is 1.69. The van der Waals surface area contributed by atoms with Crippen molar-refractivity contribution in [1.82, 2.24) is 9.97 Å². The number of nitrogens with one attached hydrogen (secondary N) is 1. The Morgan fingerprint density at radius 2 is 2.25 bits per heavy atom. The standard InChI is InChI=1S/C11H17N3OS/c1-15-9-6-12-11(13-7-9)14-8-10-4-2-3-5-16-10/h6-7,10H,2-5,8H2,1H3,(H,12,13,14). The van der Waals surface area contributed by atoms with Crippen LogP contribution in [-0.4, -0.2) is 34.6 Å². The van der Waals surface area contributed by atoms with Gasteiger partial charge in [-0.1, -0.05) is 6.42 Å². The van der Waals surface area contributed by atoms with Crippen LogP contribution in [0, 0.1) is 0 Å². The fraction of sp³-hybridized carbons (Fsp3) is 0.636. The molecule has 0 saturated carbocycles. The smallest absolute Gasteiger partial charge is 0.222 e. The molecule has 0 amide bonds. The van der Waals surface area contributed by atoms with Crippen LogP contribution in [0.1, 0.15) is 19.3 Å². The Morgan fingerprint density at radius 3 is 2.88 bits per heavy atom. The predicted molar refractivity (Wildman–Crippen MR) is 67.2 cm³/mol. The largest absolute Gasteiger partial charge is 0.494 e. The number of rotatable bonds is 4. The first kappa shape index (κ1) is 11.5. The Kier molecular flexibility index (Phi) is 4.27. The third-order valence-corrected chi connectivity index (χ3v) is 4.02. The van der Waals surface area contributed by atoms with E-state index < -0.39 is 0 Å². The number of hydrogen-bond donors (Lipinski definition) is 1. The molecule has 0 radical (unpaired) electrons. The van der Waals surface area contributed by atoms with Gasteiger partial charge in [-0.15, -0.1) is 0 Å². The second-order valence-electron chi connectivity index (χ2n) is 3.82. The molecule has 0 aliphatic carbocycles. The maximum Gasteiger partial charge on any atom is 0.222 e. The molecule has 1 aromatic rings. The van der Waals surface area contributed by atoms with E-state index in [1.54, 1.807) is 19.5 Å². The van der Waals surface area contributed by atoms with Gasteiger partial charge in [0, 0.05) is 11.8 Å². The topological polar surface area (TPSA) is 47.0 Å². The lowest BCUT2D eigenvalue weighted by Crippen LogP contribution is -2.20. The van der Waals surface area contributed by atoms with Gasteiger partial charge in [0.1, 0.15) is 0 Å². The van der Waals surface area contributed by atoms with Gasteiger partial charge >= 0.3 is 0 Å². The maximum atomic E-state index is 5.01. The summed E-state index contributed by atoms with van der Waals surface area (Å²) in [5.74, 6) is 2.67. The molecule has 1 atom stereocenters. The zero-order valence-corrected chi connectivity index (χ0v) is 10.3. The molecule has 1 aliphatic rings. The van der Waals surface area contributed by atoms with Crippen LogP contribution in [0.3, 0.4) is 0 Å². The molecular formula is C11H17N3OS. The van der Waals surface area contributed by atoms with Gasteiger partial charge in [0.25, 0.3) is 0 Å². The molecular weight excluding hydrogens is 222 g/mol. The number of aromatic nitrogens is 2. The SMILES string of the molecule is COc1cnc(NCC2CCCCS2)nc1. The maximum absolute atomic E-state index is 5.01. The lowest BCUT2D eigenvalue weighted by atomic mass is 10.2. The highest BCUT2D eigenvalue weighted by Gasteiger charge is 2.13. The first-order chi connectivity index (χ1) is 7.88. The summed E-state index contributed by atoms with van der Waals surface area (Å²) < 4.78 is 5.01. The van der Waals surface area contributed by atoms with Crippen molar-refractivity contribution in [3.8, 4) is 5.75 Å². The second-order valence-corrected chi connectivity index (χ2v) is 5.22. The summed E-state index contributed by atoms with van der Waals surface area (Å²) in [5, 5.41) is 3.97. The highest BCUT2D eigenvalue weighted by atomic mass is 32.2. The summed E-state index contributed by atoms with van der Waals surface area (Å²) in [4.78, 5) is 8.35. The molecule has 0 aromatic carbocycles. The minimum absolute atomic E-state index is 0.687. The van der Waals surface area contributed by atoms with E-state index in [0.717, 1.165) is 6.54 Å². The van der Waals surface area contributed by atoms with Gasteiger partial charge in [-0.05, 0) is 18.6 Å². The summed E-state index contributed by atoms with van der Waals surface area (Å²) in [7, 11) is 1.62. The number of anilines is 1. The third kappa shape index (κ3) is 3.27. The molecule has 4 nitrogen and oxygen atoms in total. The molecule has 0 bridgehead atoms. The van der Waals surface area contributed by atoms with Crippen molar-refractivity contribution in [2.75, 3.05) is 24.7 Å². The Morgan fingerprint density at radius 1 is 1.44 bits per heavy atom. The van der Waals surface area contributed by atoms with E-state index in [2.05, 4.69) is 15.3 Å². The van der Waals surface area contributed by atoms with Crippen molar-refractivity contribution < 1.29 is 4.74 Å². The highest BCUT2D eigenvalue weighted by Crippen LogP contribution is 2.24. The number of thioether (sulfide) groups is 1. The van der Waals surface area contributed by atoms with Gasteiger partial charge in [0.05, 0.1) is 19.5 Å². The monoisotopic (exact) mass is 239 g/mol. The predicted octanol–water partition coefficient (Wildman–Crippen LogP) is 2.18. The van der Waals surface area contributed by atoms with E-state index in [9.17, 15) is 0 Å². The zero-order chi connectivity index (χ0) is 11.2. The Balaban J connectivity index is 1.79. The number of ether oxygens (including phenoxy) is 1. The number of nitrogens with zero attached hydrogens (tertiary/aromatic N) is 2. The summed E-state index contributed by atoms with van der Waals surface area (Å²) in [5.41, 5.74) is 0. The van der Waals surface area contributed by atoms with Crippen molar-refractivity contribution in [3.05, 3.63) is 12.4 Å². The first-order valence-corrected chi connectivity index (χ1v) is 6.65. The molecule has 5 heteroatoms. The molecule has 2 rings (SSSR count). The van der Waals surface area contributed by atoms with Crippen LogP contribution in [0.4, 0.5) is 5.95 Å². The molecule has 1 N–H and O–H groups in total. The minimum atomic E-state index is 0.687. The molecule has 1 aromatic heterocycles. The van der Waals surface area contributed by atoms with Crippen molar-refractivity contribution in [2.24, 2.45) is 0 Å². The van der Waals surface area contributed by atoms with Gasteiger partial charge < -0.3 is 10.1 Å². The molecule has 1 unspecified atom stereocenters. The number of hydrogen-bond acceptors (Lipinski definition) is 5. The van der Waals surface area contributed by atoms with Crippen LogP contribution < -0.4 is 10.1 Å². The molecule has 1 aliphatic heterocycles. The second kappa shape index (κ2) is 5.94. The van der Waals surface area contributed by atoms with E-state index in [0.29, 0.717) is 16.9 Å². The third-order valence-electron chi connectivity index (χ3n) is 2.63. The lowest BCUT2D eigenvalue weighted by Gasteiger charge is -2.21. The Bertz CT molecular complexity index is 312.